The van der Waals surface area contributed by atoms with E-state index in [4.69, 9.17) is 84.3 Å². The smallest absolute Gasteiger partial charge is 0.450 e. The lowest BCUT2D eigenvalue weighted by Gasteiger charge is -1.97. The minimum atomic E-state index is -1.83. The molecule has 0 aliphatic rings. The lowest BCUT2D eigenvalue weighted by Crippen LogP contribution is -2.21. The number of carboxylic acid groups (broad SMARTS) is 2. The van der Waals surface area contributed by atoms with E-state index < -0.39 is 6.16 Å². The first-order valence-corrected chi connectivity index (χ1v) is 8.44. The van der Waals surface area contributed by atoms with Gasteiger partial charge in [-0.15, -0.1) is 0 Å². The highest BCUT2D eigenvalue weighted by atomic mass is 35.5. The molecule has 0 radical (unpaired) electrons. The summed E-state index contributed by atoms with van der Waals surface area (Å²) in [6, 6.07) is 9.78. The number of halogens is 4. The van der Waals surface area contributed by atoms with Gasteiger partial charge in [0.2, 0.25) is 0 Å². The third-order valence-corrected chi connectivity index (χ3v) is 3.80. The third kappa shape index (κ3) is 11.9. The van der Waals surface area contributed by atoms with Crippen LogP contribution in [0.5, 0.6) is 0 Å². The molecule has 0 saturated carbocycles. The number of nitrogens with zero attached hydrogens (tertiary/aromatic N) is 2. The topological polar surface area (TPSA) is 186 Å². The Morgan fingerprint density at radius 2 is 0.964 bits per heavy atom. The van der Waals surface area contributed by atoms with Gasteiger partial charge in [-0.25, -0.2) is 14.8 Å². The van der Waals surface area contributed by atoms with Gasteiger partial charge in [-0.3, -0.25) is 0 Å². The Bertz CT molecular complexity index is 799. The second-order valence-corrected chi connectivity index (χ2v) is 6.18. The Hall–Kier alpha value is -2.59. The fourth-order valence-corrected chi connectivity index (χ4v) is 1.99. The van der Waals surface area contributed by atoms with Crippen molar-refractivity contribution in [3.05, 3.63) is 56.5 Å². The van der Waals surface area contributed by atoms with Gasteiger partial charge in [0.25, 0.3) is 0 Å². The SMILES string of the molecule is NC(N)=Nc1ccc(Cl)c(Cl)c1.NC(N)=Nc1ccc(Cl)c(Cl)c1.O=C(O)O. The fraction of sp³-hybridized carbons (Fsp3) is 0. The highest BCUT2D eigenvalue weighted by Crippen LogP contribution is 2.27. The van der Waals surface area contributed by atoms with E-state index in [1.807, 2.05) is 0 Å². The number of aliphatic imine (C=N–C) groups is 2. The molecule has 0 aliphatic heterocycles. The zero-order valence-electron chi connectivity index (χ0n) is 14.0. The number of hydrogen-bond acceptors (Lipinski definition) is 3. The van der Waals surface area contributed by atoms with Crippen molar-refractivity contribution in [1.82, 2.24) is 0 Å². The highest BCUT2D eigenvalue weighted by molar-refractivity contribution is 6.42. The van der Waals surface area contributed by atoms with Crippen molar-refractivity contribution in [3.8, 4) is 0 Å². The third-order valence-electron chi connectivity index (χ3n) is 2.32. The second kappa shape index (κ2) is 12.7. The molecule has 9 nitrogen and oxygen atoms in total. The van der Waals surface area contributed by atoms with Crippen LogP contribution in [0, 0.1) is 0 Å². The number of benzene rings is 2. The van der Waals surface area contributed by atoms with Gasteiger partial charge in [0, 0.05) is 0 Å². The van der Waals surface area contributed by atoms with Gasteiger partial charge in [0.1, 0.15) is 0 Å². The van der Waals surface area contributed by atoms with Gasteiger partial charge in [-0.05, 0) is 36.4 Å². The van der Waals surface area contributed by atoms with Crippen molar-refractivity contribution in [3.63, 3.8) is 0 Å². The average molecular weight is 470 g/mol. The molecule has 0 heterocycles. The van der Waals surface area contributed by atoms with Crippen molar-refractivity contribution in [2.75, 3.05) is 0 Å². The first-order chi connectivity index (χ1) is 12.9. The molecule has 0 bridgehead atoms. The Morgan fingerprint density at radius 3 is 1.18 bits per heavy atom. The van der Waals surface area contributed by atoms with Gasteiger partial charge in [0.05, 0.1) is 31.5 Å². The highest BCUT2D eigenvalue weighted by Gasteiger charge is 1.98. The van der Waals surface area contributed by atoms with Crippen molar-refractivity contribution in [2.24, 2.45) is 32.9 Å². The molecular weight excluding hydrogens is 454 g/mol. The molecule has 0 aromatic heterocycles. The molecule has 2 rings (SSSR count). The van der Waals surface area contributed by atoms with E-state index in [0.29, 0.717) is 31.5 Å². The van der Waals surface area contributed by atoms with Crippen molar-refractivity contribution >= 4 is 75.9 Å². The molecule has 0 spiro atoms. The lowest BCUT2D eigenvalue weighted by molar-refractivity contribution is 0.137. The molecule has 13 heteroatoms. The van der Waals surface area contributed by atoms with Gasteiger partial charge in [-0.1, -0.05) is 46.4 Å². The maximum atomic E-state index is 8.56. The van der Waals surface area contributed by atoms with E-state index in [9.17, 15) is 0 Å². The molecule has 0 aliphatic carbocycles. The largest absolute Gasteiger partial charge is 0.503 e. The Balaban J connectivity index is 0.000000439. The summed E-state index contributed by atoms with van der Waals surface area (Å²) in [5.41, 5.74) is 21.8. The van der Waals surface area contributed by atoms with Crippen LogP contribution >= 0.6 is 46.4 Å². The minimum Gasteiger partial charge on any atom is -0.450 e. The molecular formula is C15H16Cl4N6O3. The van der Waals surface area contributed by atoms with E-state index in [1.165, 1.54) is 0 Å². The number of nitrogens with two attached hydrogens (primary N) is 4. The standard InChI is InChI=1S/2C7H7Cl2N3.CH2O3/c2*8-5-2-1-4(3-6(5)9)12-7(10)11;2-1(3)4/h2*1-3H,(H4,10,11,12);(H2,2,3,4). The van der Waals surface area contributed by atoms with Gasteiger partial charge < -0.3 is 33.1 Å². The second-order valence-electron chi connectivity index (χ2n) is 4.55. The summed E-state index contributed by atoms with van der Waals surface area (Å²) in [6.07, 6.45) is -1.83. The summed E-state index contributed by atoms with van der Waals surface area (Å²) in [4.78, 5) is 16.1. The van der Waals surface area contributed by atoms with Crippen LogP contribution in [-0.2, 0) is 0 Å². The van der Waals surface area contributed by atoms with Crippen LogP contribution in [0.4, 0.5) is 16.2 Å². The van der Waals surface area contributed by atoms with Crippen LogP contribution in [0.3, 0.4) is 0 Å². The van der Waals surface area contributed by atoms with E-state index in [-0.39, 0.29) is 11.9 Å². The van der Waals surface area contributed by atoms with Gasteiger partial charge in [0.15, 0.2) is 11.9 Å². The average Bonchev–Trinajstić information content (AvgIpc) is 2.54. The maximum Gasteiger partial charge on any atom is 0.503 e. The van der Waals surface area contributed by atoms with Crippen LogP contribution in [-0.4, -0.2) is 28.3 Å². The Labute approximate surface area is 180 Å². The van der Waals surface area contributed by atoms with Crippen LogP contribution in [0.1, 0.15) is 0 Å². The van der Waals surface area contributed by atoms with E-state index in [2.05, 4.69) is 9.98 Å². The molecule has 0 amide bonds. The van der Waals surface area contributed by atoms with Crippen LogP contribution in [0.25, 0.3) is 0 Å². The number of rotatable bonds is 2. The van der Waals surface area contributed by atoms with Crippen LogP contribution in [0.2, 0.25) is 20.1 Å². The van der Waals surface area contributed by atoms with Crippen molar-refractivity contribution in [2.45, 2.75) is 0 Å². The van der Waals surface area contributed by atoms with E-state index in [1.54, 1.807) is 36.4 Å². The summed E-state index contributed by atoms with van der Waals surface area (Å²) in [5, 5.41) is 15.8. The summed E-state index contributed by atoms with van der Waals surface area (Å²) in [6.45, 7) is 0. The Morgan fingerprint density at radius 1 is 0.679 bits per heavy atom. The monoisotopic (exact) mass is 468 g/mol. The minimum absolute atomic E-state index is 0.00612. The number of carbonyl (C=O) groups is 1. The van der Waals surface area contributed by atoms with Crippen LogP contribution in [0.15, 0.2) is 46.4 Å². The molecule has 0 fully saturated rings. The maximum absolute atomic E-state index is 8.56. The summed E-state index contributed by atoms with van der Waals surface area (Å²) < 4.78 is 0. The number of guanidine groups is 2. The molecule has 0 atom stereocenters. The van der Waals surface area contributed by atoms with E-state index in [0.717, 1.165) is 0 Å². The first-order valence-electron chi connectivity index (χ1n) is 6.93. The molecule has 2 aromatic rings. The summed E-state index contributed by atoms with van der Waals surface area (Å²) >= 11 is 22.8. The molecule has 2 aromatic carbocycles. The summed E-state index contributed by atoms with van der Waals surface area (Å²) in [5.74, 6) is -0.0122. The predicted molar refractivity (Wildman–Crippen MR) is 115 cm³/mol. The normalized spacial score (nSPS) is 9.00. The lowest BCUT2D eigenvalue weighted by atomic mass is 10.3. The summed E-state index contributed by atoms with van der Waals surface area (Å²) in [7, 11) is 0. The quantitative estimate of drug-likeness (QED) is 0.283. The number of hydrogen-bond donors (Lipinski definition) is 6. The Kier molecular flexibility index (Phi) is 11.6. The molecule has 28 heavy (non-hydrogen) atoms. The zero-order chi connectivity index (χ0) is 21.9. The van der Waals surface area contributed by atoms with Gasteiger partial charge >= 0.3 is 6.16 Å². The molecule has 0 unspecified atom stereocenters. The van der Waals surface area contributed by atoms with Crippen LogP contribution < -0.4 is 22.9 Å². The van der Waals surface area contributed by atoms with Crippen molar-refractivity contribution < 1.29 is 15.0 Å². The van der Waals surface area contributed by atoms with Crippen molar-refractivity contribution in [1.29, 1.82) is 0 Å². The van der Waals surface area contributed by atoms with E-state index >= 15 is 0 Å². The first kappa shape index (κ1) is 25.4. The fourth-order valence-electron chi connectivity index (χ4n) is 1.41. The zero-order valence-corrected chi connectivity index (χ0v) is 17.0. The predicted octanol–water partition coefficient (Wildman–Crippen LogP) is 4.02. The molecule has 0 saturated heterocycles. The molecule has 10 N–H and O–H groups in total. The van der Waals surface area contributed by atoms with Gasteiger partial charge in [-0.2, -0.15) is 0 Å². The molecule has 152 valence electrons.